The number of nitrogens with two attached hydrogens (primary N) is 1. The number of rotatable bonds is 3. The monoisotopic (exact) mass is 389 g/mol. The molecule has 0 radical (unpaired) electrons. The van der Waals surface area contributed by atoms with Gasteiger partial charge >= 0.3 is 0 Å². The van der Waals surface area contributed by atoms with Crippen LogP contribution in [0.5, 0.6) is 0 Å². The highest BCUT2D eigenvalue weighted by Gasteiger charge is 2.34. The van der Waals surface area contributed by atoms with Crippen molar-refractivity contribution >= 4 is 51.8 Å². The Morgan fingerprint density at radius 3 is 2.77 bits per heavy atom. The van der Waals surface area contributed by atoms with Crippen molar-refractivity contribution in [3.63, 3.8) is 0 Å². The minimum Gasteiger partial charge on any atom is -0.436 e. The molecule has 1 atom stereocenters. The lowest BCUT2D eigenvalue weighted by atomic mass is 10.1. The van der Waals surface area contributed by atoms with Gasteiger partial charge in [0.25, 0.3) is 0 Å². The van der Waals surface area contributed by atoms with Gasteiger partial charge < -0.3 is 15.1 Å². The van der Waals surface area contributed by atoms with E-state index in [9.17, 15) is 9.59 Å². The summed E-state index contributed by atoms with van der Waals surface area (Å²) in [6.45, 7) is 0.248. The van der Waals surface area contributed by atoms with Gasteiger partial charge in [-0.2, -0.15) is 0 Å². The van der Waals surface area contributed by atoms with E-state index in [0.717, 1.165) is 0 Å². The van der Waals surface area contributed by atoms with E-state index in [1.807, 2.05) is 0 Å². The van der Waals surface area contributed by atoms with E-state index in [1.54, 1.807) is 36.4 Å². The average Bonchev–Trinajstić information content (AvgIpc) is 3.18. The van der Waals surface area contributed by atoms with Crippen molar-refractivity contribution < 1.29 is 14.0 Å². The predicted molar refractivity (Wildman–Crippen MR) is 99.1 cm³/mol. The van der Waals surface area contributed by atoms with Crippen LogP contribution in [0.15, 0.2) is 40.8 Å². The standard InChI is InChI=1S/C18H13Cl2N3O3/c19-10-1-4-15-14(6-10)22-18(26-15)12-7-11(2-3-13(12)20)23-8-9(17(21)25)5-16(23)24/h1-4,6-7,9H,5,8H2,(H2,21,25)/t9-/m0/s1. The van der Waals surface area contributed by atoms with E-state index in [-0.39, 0.29) is 18.9 Å². The molecule has 132 valence electrons. The second-order valence-electron chi connectivity index (χ2n) is 6.10. The topological polar surface area (TPSA) is 89.4 Å². The van der Waals surface area contributed by atoms with Crippen molar-refractivity contribution in [1.29, 1.82) is 0 Å². The number of primary amides is 1. The lowest BCUT2D eigenvalue weighted by Gasteiger charge is -2.17. The highest BCUT2D eigenvalue weighted by Crippen LogP contribution is 2.35. The third-order valence-corrected chi connectivity index (χ3v) is 4.93. The van der Waals surface area contributed by atoms with Gasteiger partial charge in [-0.1, -0.05) is 23.2 Å². The molecule has 3 aromatic rings. The molecular weight excluding hydrogens is 377 g/mol. The molecule has 1 aliphatic heterocycles. The lowest BCUT2D eigenvalue weighted by molar-refractivity contribution is -0.123. The zero-order valence-corrected chi connectivity index (χ0v) is 14.9. The van der Waals surface area contributed by atoms with Gasteiger partial charge in [-0.05, 0) is 36.4 Å². The molecule has 26 heavy (non-hydrogen) atoms. The summed E-state index contributed by atoms with van der Waals surface area (Å²) in [5, 5.41) is 0.988. The first kappa shape index (κ1) is 16.9. The summed E-state index contributed by atoms with van der Waals surface area (Å²) >= 11 is 12.3. The molecule has 2 N–H and O–H groups in total. The Labute approximate surface area is 158 Å². The minimum absolute atomic E-state index is 0.106. The maximum Gasteiger partial charge on any atom is 0.228 e. The number of benzene rings is 2. The number of oxazole rings is 1. The van der Waals surface area contributed by atoms with Crippen LogP contribution < -0.4 is 10.6 Å². The van der Waals surface area contributed by atoms with Gasteiger partial charge in [-0.15, -0.1) is 0 Å². The van der Waals surface area contributed by atoms with E-state index in [4.69, 9.17) is 33.4 Å². The Kier molecular flexibility index (Phi) is 4.09. The third-order valence-electron chi connectivity index (χ3n) is 4.37. The van der Waals surface area contributed by atoms with Crippen LogP contribution in [0, 0.1) is 5.92 Å². The molecule has 1 aliphatic rings. The van der Waals surface area contributed by atoms with Gasteiger partial charge in [-0.25, -0.2) is 4.98 Å². The molecule has 2 amide bonds. The zero-order valence-electron chi connectivity index (χ0n) is 13.4. The van der Waals surface area contributed by atoms with E-state index < -0.39 is 11.8 Å². The number of hydrogen-bond donors (Lipinski definition) is 1. The van der Waals surface area contributed by atoms with E-state index in [0.29, 0.717) is 38.3 Å². The molecule has 1 fully saturated rings. The number of carbonyl (C=O) groups is 2. The smallest absolute Gasteiger partial charge is 0.228 e. The molecule has 6 nitrogen and oxygen atoms in total. The number of carbonyl (C=O) groups excluding carboxylic acids is 2. The van der Waals surface area contributed by atoms with Crippen LogP contribution in [0.1, 0.15) is 6.42 Å². The van der Waals surface area contributed by atoms with Crippen LogP contribution in [0.4, 0.5) is 5.69 Å². The fraction of sp³-hybridized carbons (Fsp3) is 0.167. The molecule has 2 aromatic carbocycles. The number of aromatic nitrogens is 1. The Morgan fingerprint density at radius 2 is 2.04 bits per heavy atom. The highest BCUT2D eigenvalue weighted by molar-refractivity contribution is 6.33. The van der Waals surface area contributed by atoms with Crippen molar-refractivity contribution in [2.24, 2.45) is 11.7 Å². The minimum atomic E-state index is -0.493. The summed E-state index contributed by atoms with van der Waals surface area (Å²) in [5.41, 5.74) is 7.68. The summed E-state index contributed by atoms with van der Waals surface area (Å²) in [4.78, 5) is 29.6. The van der Waals surface area contributed by atoms with Crippen LogP contribution >= 0.6 is 23.2 Å². The fourth-order valence-corrected chi connectivity index (χ4v) is 3.37. The molecular formula is C18H13Cl2N3O3. The Balaban J connectivity index is 1.74. The molecule has 0 aliphatic carbocycles. The predicted octanol–water partition coefficient (Wildman–Crippen LogP) is 3.64. The largest absolute Gasteiger partial charge is 0.436 e. The fourth-order valence-electron chi connectivity index (χ4n) is 3.01. The van der Waals surface area contributed by atoms with Crippen LogP contribution in [-0.4, -0.2) is 23.3 Å². The van der Waals surface area contributed by atoms with Gasteiger partial charge in [0.1, 0.15) is 5.52 Å². The lowest BCUT2D eigenvalue weighted by Crippen LogP contribution is -2.28. The zero-order chi connectivity index (χ0) is 18.4. The molecule has 0 saturated carbocycles. The van der Waals surface area contributed by atoms with Crippen LogP contribution in [0.3, 0.4) is 0 Å². The number of halogens is 2. The molecule has 0 spiro atoms. The molecule has 4 rings (SSSR count). The quantitative estimate of drug-likeness (QED) is 0.740. The van der Waals surface area contributed by atoms with Crippen molar-refractivity contribution in [2.75, 3.05) is 11.4 Å². The number of amides is 2. The highest BCUT2D eigenvalue weighted by atomic mass is 35.5. The first-order valence-electron chi connectivity index (χ1n) is 7.88. The van der Waals surface area contributed by atoms with Crippen LogP contribution in [0.2, 0.25) is 10.0 Å². The molecule has 8 heteroatoms. The molecule has 0 bridgehead atoms. The van der Waals surface area contributed by atoms with Crippen molar-refractivity contribution in [2.45, 2.75) is 6.42 Å². The molecule has 0 unspecified atom stereocenters. The van der Waals surface area contributed by atoms with Crippen molar-refractivity contribution in [3.05, 3.63) is 46.4 Å². The number of nitrogens with zero attached hydrogens (tertiary/aromatic N) is 2. The summed E-state index contributed by atoms with van der Waals surface area (Å²) in [6.07, 6.45) is 0.106. The second kappa shape index (κ2) is 6.30. The summed E-state index contributed by atoms with van der Waals surface area (Å²) in [7, 11) is 0. The van der Waals surface area contributed by atoms with Gasteiger partial charge in [-0.3, -0.25) is 9.59 Å². The van der Waals surface area contributed by atoms with Gasteiger partial charge in [0.05, 0.1) is 16.5 Å². The summed E-state index contributed by atoms with van der Waals surface area (Å²) < 4.78 is 5.76. The van der Waals surface area contributed by atoms with E-state index in [1.165, 1.54) is 4.90 Å². The first-order valence-corrected chi connectivity index (χ1v) is 8.63. The van der Waals surface area contributed by atoms with Gasteiger partial charge in [0.15, 0.2) is 5.58 Å². The Hall–Kier alpha value is -2.57. The number of hydrogen-bond acceptors (Lipinski definition) is 4. The van der Waals surface area contributed by atoms with Crippen molar-refractivity contribution in [1.82, 2.24) is 4.98 Å². The van der Waals surface area contributed by atoms with Gasteiger partial charge in [0, 0.05) is 23.7 Å². The molecule has 1 aromatic heterocycles. The first-order chi connectivity index (χ1) is 12.4. The third kappa shape index (κ3) is 2.91. The number of fused-ring (bicyclic) bond motifs is 1. The Bertz CT molecular complexity index is 1050. The van der Waals surface area contributed by atoms with E-state index >= 15 is 0 Å². The van der Waals surface area contributed by atoms with Crippen LogP contribution in [-0.2, 0) is 9.59 Å². The normalized spacial score (nSPS) is 17.2. The summed E-state index contributed by atoms with van der Waals surface area (Å²) in [6, 6.07) is 10.2. The second-order valence-corrected chi connectivity index (χ2v) is 6.95. The average molecular weight is 390 g/mol. The van der Waals surface area contributed by atoms with Crippen molar-refractivity contribution in [3.8, 4) is 11.5 Å². The summed E-state index contributed by atoms with van der Waals surface area (Å²) in [5.74, 6) is -0.808. The van der Waals surface area contributed by atoms with Crippen LogP contribution in [0.25, 0.3) is 22.6 Å². The SMILES string of the molecule is NC(=O)[C@H]1CC(=O)N(c2ccc(Cl)c(-c3nc4cc(Cl)ccc4o3)c2)C1. The maximum atomic E-state index is 12.2. The Morgan fingerprint density at radius 1 is 1.23 bits per heavy atom. The maximum absolute atomic E-state index is 12.2. The molecule has 1 saturated heterocycles. The van der Waals surface area contributed by atoms with Gasteiger partial charge in [0.2, 0.25) is 17.7 Å². The molecule has 2 heterocycles. The van der Waals surface area contributed by atoms with E-state index in [2.05, 4.69) is 4.98 Å². The number of anilines is 1.